The Balaban J connectivity index is 1.87. The number of carbonyl (C=O) groups is 1. The van der Waals surface area contributed by atoms with Crippen LogP contribution in [0.2, 0.25) is 0 Å². The fourth-order valence-electron chi connectivity index (χ4n) is 2.57. The van der Waals surface area contributed by atoms with Crippen molar-refractivity contribution in [1.82, 2.24) is 9.80 Å². The Morgan fingerprint density at radius 1 is 1.19 bits per heavy atom. The van der Waals surface area contributed by atoms with Crippen LogP contribution < -0.4 is 0 Å². The molecule has 2 aliphatic heterocycles. The van der Waals surface area contributed by atoms with E-state index in [1.807, 2.05) is 9.80 Å². The molecule has 2 saturated heterocycles. The average Bonchev–Trinajstić information content (AvgIpc) is 2.83. The Labute approximate surface area is 96.8 Å². The molecule has 0 aromatic heterocycles. The number of piperidine rings is 1. The number of likely N-dealkylation sites (tertiary alicyclic amines) is 2. The van der Waals surface area contributed by atoms with Gasteiger partial charge in [0, 0.05) is 13.1 Å². The molecule has 0 spiro atoms. The molecule has 1 atom stereocenters. The van der Waals surface area contributed by atoms with Gasteiger partial charge in [-0.2, -0.15) is 5.26 Å². The van der Waals surface area contributed by atoms with E-state index in [1.54, 1.807) is 0 Å². The molecule has 0 aliphatic carbocycles. The van der Waals surface area contributed by atoms with Crippen molar-refractivity contribution in [3.05, 3.63) is 0 Å². The Morgan fingerprint density at radius 2 is 1.88 bits per heavy atom. The van der Waals surface area contributed by atoms with Crippen LogP contribution in [0, 0.1) is 11.3 Å². The zero-order valence-electron chi connectivity index (χ0n) is 9.69. The van der Waals surface area contributed by atoms with Crippen LogP contribution >= 0.6 is 0 Å². The van der Waals surface area contributed by atoms with Gasteiger partial charge in [-0.3, -0.25) is 9.69 Å². The minimum atomic E-state index is -0.0414. The van der Waals surface area contributed by atoms with Crippen molar-refractivity contribution in [3.63, 3.8) is 0 Å². The maximum Gasteiger partial charge on any atom is 0.236 e. The first-order chi connectivity index (χ1) is 7.81. The van der Waals surface area contributed by atoms with Gasteiger partial charge in [0.15, 0.2) is 0 Å². The lowest BCUT2D eigenvalue weighted by Crippen LogP contribution is -2.45. The van der Waals surface area contributed by atoms with E-state index in [0.29, 0.717) is 6.54 Å². The predicted octanol–water partition coefficient (Wildman–Crippen LogP) is 0.987. The molecular formula is C12H19N3O. The minimum absolute atomic E-state index is 0.0414. The van der Waals surface area contributed by atoms with Gasteiger partial charge in [-0.25, -0.2) is 0 Å². The van der Waals surface area contributed by atoms with Crippen molar-refractivity contribution in [1.29, 1.82) is 5.26 Å². The van der Waals surface area contributed by atoms with E-state index in [9.17, 15) is 4.79 Å². The van der Waals surface area contributed by atoms with Gasteiger partial charge in [-0.15, -0.1) is 0 Å². The minimum Gasteiger partial charge on any atom is -0.342 e. The normalized spacial score (nSPS) is 26.7. The van der Waals surface area contributed by atoms with Crippen molar-refractivity contribution in [2.75, 3.05) is 26.2 Å². The summed E-state index contributed by atoms with van der Waals surface area (Å²) in [6.45, 7) is 3.16. The molecule has 4 heteroatoms. The molecule has 0 bridgehead atoms. The molecule has 2 heterocycles. The third kappa shape index (κ3) is 2.53. The molecule has 0 radical (unpaired) electrons. The first-order valence-corrected chi connectivity index (χ1v) is 6.22. The van der Waals surface area contributed by atoms with Gasteiger partial charge in [0.05, 0.1) is 18.7 Å². The van der Waals surface area contributed by atoms with E-state index in [4.69, 9.17) is 5.26 Å². The van der Waals surface area contributed by atoms with Crippen molar-refractivity contribution in [2.45, 2.75) is 38.1 Å². The number of amides is 1. The summed E-state index contributed by atoms with van der Waals surface area (Å²) in [6.07, 6.45) is 5.42. The lowest BCUT2D eigenvalue weighted by Gasteiger charge is -2.31. The highest BCUT2D eigenvalue weighted by Gasteiger charge is 2.26. The average molecular weight is 221 g/mol. The number of rotatable bonds is 2. The van der Waals surface area contributed by atoms with Gasteiger partial charge in [-0.05, 0) is 38.6 Å². The van der Waals surface area contributed by atoms with Crippen LogP contribution in [0.5, 0.6) is 0 Å². The summed E-state index contributed by atoms with van der Waals surface area (Å²) in [5, 5.41) is 9.02. The largest absolute Gasteiger partial charge is 0.342 e. The number of hydrogen-bond acceptors (Lipinski definition) is 3. The van der Waals surface area contributed by atoms with Crippen LogP contribution in [-0.4, -0.2) is 47.9 Å². The number of carbonyl (C=O) groups excluding carboxylic acids is 1. The van der Waals surface area contributed by atoms with Crippen LogP contribution in [0.4, 0.5) is 0 Å². The van der Waals surface area contributed by atoms with Crippen LogP contribution in [0.1, 0.15) is 32.1 Å². The molecule has 0 N–H and O–H groups in total. The molecule has 1 amide bonds. The third-order valence-corrected chi connectivity index (χ3v) is 3.56. The quantitative estimate of drug-likeness (QED) is 0.698. The fourth-order valence-corrected chi connectivity index (χ4v) is 2.57. The summed E-state index contributed by atoms with van der Waals surface area (Å²) in [5.41, 5.74) is 0. The summed E-state index contributed by atoms with van der Waals surface area (Å²) < 4.78 is 0. The highest BCUT2D eigenvalue weighted by Crippen LogP contribution is 2.17. The van der Waals surface area contributed by atoms with E-state index in [-0.39, 0.29) is 11.9 Å². The third-order valence-electron chi connectivity index (χ3n) is 3.56. The van der Waals surface area contributed by atoms with E-state index in [0.717, 1.165) is 51.7 Å². The first-order valence-electron chi connectivity index (χ1n) is 6.22. The Hall–Kier alpha value is -1.08. The van der Waals surface area contributed by atoms with Crippen LogP contribution in [0.3, 0.4) is 0 Å². The molecule has 1 unspecified atom stereocenters. The number of hydrogen-bond donors (Lipinski definition) is 0. The highest BCUT2D eigenvalue weighted by atomic mass is 16.2. The standard InChI is InChI=1S/C12H19N3O/c13-9-11-5-1-2-8-15(11)10-12(16)14-6-3-4-7-14/h11H,1-8,10H2. The lowest BCUT2D eigenvalue weighted by molar-refractivity contribution is -0.131. The summed E-state index contributed by atoms with van der Waals surface area (Å²) in [7, 11) is 0. The molecule has 2 rings (SSSR count). The number of nitrogens with zero attached hydrogens (tertiary/aromatic N) is 3. The maximum absolute atomic E-state index is 11.9. The SMILES string of the molecule is N#CC1CCCCN1CC(=O)N1CCCC1. The van der Waals surface area contributed by atoms with Crippen molar-refractivity contribution < 1.29 is 4.79 Å². The zero-order chi connectivity index (χ0) is 11.4. The molecule has 0 saturated carbocycles. The van der Waals surface area contributed by atoms with Gasteiger partial charge in [0.2, 0.25) is 5.91 Å². The zero-order valence-corrected chi connectivity index (χ0v) is 9.69. The Bertz CT molecular complexity index is 291. The molecule has 88 valence electrons. The van der Waals surface area contributed by atoms with Crippen molar-refractivity contribution >= 4 is 5.91 Å². The Morgan fingerprint density at radius 3 is 2.56 bits per heavy atom. The molecule has 0 aromatic rings. The van der Waals surface area contributed by atoms with Gasteiger partial charge in [-0.1, -0.05) is 0 Å². The summed E-state index contributed by atoms with van der Waals surface area (Å²) in [4.78, 5) is 15.9. The van der Waals surface area contributed by atoms with Crippen LogP contribution in [0.15, 0.2) is 0 Å². The monoisotopic (exact) mass is 221 g/mol. The highest BCUT2D eigenvalue weighted by molar-refractivity contribution is 5.78. The molecule has 16 heavy (non-hydrogen) atoms. The first kappa shape index (κ1) is 11.4. The van der Waals surface area contributed by atoms with E-state index < -0.39 is 0 Å². The summed E-state index contributed by atoms with van der Waals surface area (Å²) in [6, 6.07) is 2.26. The number of nitriles is 1. The second-order valence-electron chi connectivity index (χ2n) is 4.70. The van der Waals surface area contributed by atoms with Gasteiger partial charge in [0.1, 0.15) is 0 Å². The topological polar surface area (TPSA) is 47.3 Å². The van der Waals surface area contributed by atoms with Crippen LogP contribution in [0.25, 0.3) is 0 Å². The van der Waals surface area contributed by atoms with E-state index in [1.165, 1.54) is 0 Å². The Kier molecular flexibility index (Phi) is 3.79. The van der Waals surface area contributed by atoms with E-state index in [2.05, 4.69) is 6.07 Å². The molecule has 2 aliphatic rings. The van der Waals surface area contributed by atoms with Gasteiger partial charge >= 0.3 is 0 Å². The molecule has 4 nitrogen and oxygen atoms in total. The predicted molar refractivity (Wildman–Crippen MR) is 60.6 cm³/mol. The molecular weight excluding hydrogens is 202 g/mol. The molecule has 0 aromatic carbocycles. The maximum atomic E-state index is 11.9. The lowest BCUT2D eigenvalue weighted by atomic mass is 10.0. The second kappa shape index (κ2) is 5.31. The van der Waals surface area contributed by atoms with Gasteiger partial charge in [0.25, 0.3) is 0 Å². The smallest absolute Gasteiger partial charge is 0.236 e. The fraction of sp³-hybridized carbons (Fsp3) is 0.833. The summed E-state index contributed by atoms with van der Waals surface area (Å²) in [5.74, 6) is 0.208. The molecule has 2 fully saturated rings. The van der Waals surface area contributed by atoms with Gasteiger partial charge < -0.3 is 4.90 Å². The summed E-state index contributed by atoms with van der Waals surface area (Å²) >= 11 is 0. The van der Waals surface area contributed by atoms with E-state index >= 15 is 0 Å². The van der Waals surface area contributed by atoms with Crippen molar-refractivity contribution in [3.8, 4) is 6.07 Å². The second-order valence-corrected chi connectivity index (χ2v) is 4.70. The van der Waals surface area contributed by atoms with Crippen molar-refractivity contribution in [2.24, 2.45) is 0 Å². The van der Waals surface area contributed by atoms with Crippen LogP contribution in [-0.2, 0) is 4.79 Å².